The average molecular weight is 409 g/mol. The predicted molar refractivity (Wildman–Crippen MR) is 101 cm³/mol. The molecule has 6 nitrogen and oxygen atoms in total. The van der Waals surface area contributed by atoms with Crippen LogP contribution in [-0.2, 0) is 11.3 Å². The molecule has 0 aliphatic heterocycles. The van der Waals surface area contributed by atoms with Crippen LogP contribution in [0.4, 0.5) is 5.69 Å². The van der Waals surface area contributed by atoms with Crippen LogP contribution in [0.2, 0.25) is 0 Å². The first kappa shape index (κ1) is 16.9. The van der Waals surface area contributed by atoms with Crippen LogP contribution in [0.15, 0.2) is 32.8 Å². The molecule has 3 N–H and O–H groups in total. The van der Waals surface area contributed by atoms with Gasteiger partial charge in [-0.25, -0.2) is 4.79 Å². The maximum Gasteiger partial charge on any atom is 0.323 e. The van der Waals surface area contributed by atoms with E-state index in [0.717, 1.165) is 11.0 Å². The molecule has 0 unspecified atom stereocenters. The fraction of sp³-hybridized carbons (Fsp3) is 0.250. The van der Waals surface area contributed by atoms with Gasteiger partial charge in [-0.2, -0.15) is 0 Å². The molecule has 126 valence electrons. The number of likely N-dealkylation sites (N-methyl/N-ethyl adjacent to an activating group) is 1. The molecule has 0 saturated carbocycles. The predicted octanol–water partition coefficient (Wildman–Crippen LogP) is 3.06. The van der Waals surface area contributed by atoms with Crippen molar-refractivity contribution in [1.82, 2.24) is 14.9 Å². The van der Waals surface area contributed by atoms with Crippen LogP contribution in [0.3, 0.4) is 0 Å². The van der Waals surface area contributed by atoms with Gasteiger partial charge in [-0.15, -0.1) is 11.3 Å². The summed E-state index contributed by atoms with van der Waals surface area (Å²) in [4.78, 5) is 32.2. The molecule has 8 heteroatoms. The van der Waals surface area contributed by atoms with Crippen molar-refractivity contribution >= 4 is 49.9 Å². The number of nitrogens with zero attached hydrogens (tertiary/aromatic N) is 1. The van der Waals surface area contributed by atoms with Gasteiger partial charge >= 0.3 is 5.69 Å². The van der Waals surface area contributed by atoms with Gasteiger partial charge in [0.25, 0.3) is 0 Å². The number of amides is 1. The van der Waals surface area contributed by atoms with Crippen LogP contribution >= 0.6 is 27.3 Å². The Hall–Kier alpha value is -1.90. The van der Waals surface area contributed by atoms with E-state index in [0.29, 0.717) is 16.7 Å². The minimum absolute atomic E-state index is 0.107. The Morgan fingerprint density at radius 1 is 1.33 bits per heavy atom. The number of nitrogens with one attached hydrogen (secondary N) is 3. The van der Waals surface area contributed by atoms with Gasteiger partial charge < -0.3 is 15.3 Å². The van der Waals surface area contributed by atoms with Crippen molar-refractivity contribution in [3.8, 4) is 0 Å². The highest BCUT2D eigenvalue weighted by atomic mass is 79.9. The smallest absolute Gasteiger partial charge is 0.323 e. The fourth-order valence-corrected chi connectivity index (χ4v) is 3.88. The van der Waals surface area contributed by atoms with Crippen molar-refractivity contribution in [2.75, 3.05) is 18.9 Å². The van der Waals surface area contributed by atoms with Gasteiger partial charge in [-0.3, -0.25) is 9.69 Å². The monoisotopic (exact) mass is 408 g/mol. The molecule has 0 aliphatic rings. The van der Waals surface area contributed by atoms with E-state index >= 15 is 0 Å². The number of aryl methyl sites for hydroxylation is 1. The van der Waals surface area contributed by atoms with Crippen molar-refractivity contribution in [3.05, 3.63) is 49.0 Å². The molecular formula is C16H17BrN4O2S. The summed E-state index contributed by atoms with van der Waals surface area (Å²) in [6.45, 7) is 3.09. The third-order valence-corrected chi connectivity index (χ3v) is 5.34. The Morgan fingerprint density at radius 2 is 2.04 bits per heavy atom. The molecule has 1 amide bonds. The Morgan fingerprint density at radius 3 is 2.71 bits per heavy atom. The largest absolute Gasteiger partial charge is 0.324 e. The summed E-state index contributed by atoms with van der Waals surface area (Å²) in [7, 11) is 1.92. The van der Waals surface area contributed by atoms with Gasteiger partial charge in [0.15, 0.2) is 0 Å². The molecule has 3 aromatic rings. The lowest BCUT2D eigenvalue weighted by Crippen LogP contribution is -2.29. The number of fused-ring (bicyclic) bond motifs is 1. The van der Waals surface area contributed by atoms with Crippen LogP contribution in [0.1, 0.15) is 10.4 Å². The maximum atomic E-state index is 12.3. The third kappa shape index (κ3) is 3.77. The number of rotatable bonds is 5. The van der Waals surface area contributed by atoms with Crippen molar-refractivity contribution < 1.29 is 4.79 Å². The van der Waals surface area contributed by atoms with Gasteiger partial charge in [0.1, 0.15) is 0 Å². The van der Waals surface area contributed by atoms with E-state index in [2.05, 4.69) is 49.6 Å². The van der Waals surface area contributed by atoms with Crippen molar-refractivity contribution in [3.63, 3.8) is 0 Å². The van der Waals surface area contributed by atoms with E-state index in [1.54, 1.807) is 23.5 Å². The zero-order chi connectivity index (χ0) is 17.3. The molecule has 0 spiro atoms. The van der Waals surface area contributed by atoms with E-state index in [4.69, 9.17) is 0 Å². The molecule has 0 bridgehead atoms. The number of anilines is 1. The first-order chi connectivity index (χ1) is 11.4. The van der Waals surface area contributed by atoms with Gasteiger partial charge in [0, 0.05) is 15.9 Å². The lowest BCUT2D eigenvalue weighted by molar-refractivity contribution is -0.117. The molecule has 1 aromatic carbocycles. The van der Waals surface area contributed by atoms with E-state index in [1.165, 1.54) is 10.4 Å². The summed E-state index contributed by atoms with van der Waals surface area (Å²) in [5, 5.41) is 4.93. The van der Waals surface area contributed by atoms with E-state index < -0.39 is 0 Å². The lowest BCUT2D eigenvalue weighted by atomic mass is 10.2. The second-order valence-electron chi connectivity index (χ2n) is 5.70. The van der Waals surface area contributed by atoms with Crippen LogP contribution in [0.5, 0.6) is 0 Å². The molecule has 2 heterocycles. The molecule has 0 aliphatic carbocycles. The van der Waals surface area contributed by atoms with Crippen molar-refractivity contribution in [2.45, 2.75) is 13.5 Å². The quantitative estimate of drug-likeness (QED) is 0.606. The summed E-state index contributed by atoms with van der Waals surface area (Å²) in [6, 6.07) is 5.58. The SMILES string of the molecule is Cc1ccsc1CN(C)CC(=O)Nc1cc2[nH]c(=O)[nH]c2cc1Br. The van der Waals surface area contributed by atoms with Crippen molar-refractivity contribution in [1.29, 1.82) is 0 Å². The van der Waals surface area contributed by atoms with Gasteiger partial charge in [-0.1, -0.05) is 0 Å². The summed E-state index contributed by atoms with van der Waals surface area (Å²) < 4.78 is 0.718. The van der Waals surface area contributed by atoms with Gasteiger partial charge in [-0.05, 0) is 59.0 Å². The van der Waals surface area contributed by atoms with Gasteiger partial charge in [0.2, 0.25) is 5.91 Å². The molecule has 3 rings (SSSR count). The second kappa shape index (κ2) is 6.92. The number of thiophene rings is 1. The number of halogens is 1. The molecule has 24 heavy (non-hydrogen) atoms. The van der Waals surface area contributed by atoms with E-state index in [-0.39, 0.29) is 18.1 Å². The molecule has 0 saturated heterocycles. The zero-order valence-corrected chi connectivity index (χ0v) is 15.7. The highest BCUT2D eigenvalue weighted by molar-refractivity contribution is 9.10. The number of aromatic nitrogens is 2. The Labute approximate surface area is 151 Å². The highest BCUT2D eigenvalue weighted by Gasteiger charge is 2.12. The standard InChI is InChI=1S/C16H17BrN4O2S/c1-9-3-4-24-14(9)7-21(2)8-15(22)18-11-6-13-12(5-10(11)17)19-16(23)20-13/h3-6H,7-8H2,1-2H3,(H,18,22)(H2,19,20,23). The van der Waals surface area contributed by atoms with E-state index in [1.807, 2.05) is 11.9 Å². The number of carbonyl (C=O) groups excluding carboxylic acids is 1. The zero-order valence-electron chi connectivity index (χ0n) is 13.3. The minimum atomic E-state index is -0.272. The molecule has 0 fully saturated rings. The minimum Gasteiger partial charge on any atom is -0.324 e. The number of benzene rings is 1. The number of hydrogen-bond acceptors (Lipinski definition) is 4. The van der Waals surface area contributed by atoms with Crippen molar-refractivity contribution in [2.24, 2.45) is 0 Å². The highest BCUT2D eigenvalue weighted by Crippen LogP contribution is 2.26. The number of imidazole rings is 1. The normalized spacial score (nSPS) is 11.3. The first-order valence-electron chi connectivity index (χ1n) is 7.35. The topological polar surface area (TPSA) is 81.0 Å². The van der Waals surface area contributed by atoms with Gasteiger partial charge in [0.05, 0.1) is 23.3 Å². The second-order valence-corrected chi connectivity index (χ2v) is 7.56. The Balaban J connectivity index is 1.67. The average Bonchev–Trinajstić information content (AvgIpc) is 3.04. The Bertz CT molecular complexity index is 943. The molecule has 0 atom stereocenters. The third-order valence-electron chi connectivity index (χ3n) is 3.67. The fourth-order valence-electron chi connectivity index (χ4n) is 2.45. The lowest BCUT2D eigenvalue weighted by Gasteiger charge is -2.16. The van der Waals surface area contributed by atoms with Crippen LogP contribution in [-0.4, -0.2) is 34.4 Å². The summed E-state index contributed by atoms with van der Waals surface area (Å²) in [6.07, 6.45) is 0. The molecule has 2 aromatic heterocycles. The first-order valence-corrected chi connectivity index (χ1v) is 9.02. The molecule has 0 radical (unpaired) electrons. The van der Waals surface area contributed by atoms with E-state index in [9.17, 15) is 9.59 Å². The number of carbonyl (C=O) groups is 1. The number of aromatic amines is 2. The summed E-state index contributed by atoms with van der Waals surface area (Å²) in [5.74, 6) is -0.107. The molecular weight excluding hydrogens is 392 g/mol. The number of H-pyrrole nitrogens is 2. The maximum absolute atomic E-state index is 12.3. The number of hydrogen-bond donors (Lipinski definition) is 3. The van der Waals surface area contributed by atoms with Crippen LogP contribution in [0, 0.1) is 6.92 Å². The Kier molecular flexibility index (Phi) is 4.88. The summed E-state index contributed by atoms with van der Waals surface area (Å²) >= 11 is 5.11. The van der Waals surface area contributed by atoms with Crippen LogP contribution < -0.4 is 11.0 Å². The van der Waals surface area contributed by atoms with Crippen LogP contribution in [0.25, 0.3) is 11.0 Å². The summed E-state index contributed by atoms with van der Waals surface area (Å²) in [5.41, 5.74) is 2.95.